The normalized spacial score (nSPS) is 11.8. The maximum Gasteiger partial charge on any atom is 0.257 e. The van der Waals surface area contributed by atoms with Crippen LogP contribution in [0.5, 0.6) is 0 Å². The van der Waals surface area contributed by atoms with Gasteiger partial charge in [0.1, 0.15) is 29.1 Å². The van der Waals surface area contributed by atoms with E-state index < -0.39 is 40.9 Å². The minimum atomic E-state index is -1.35. The first kappa shape index (κ1) is 16.7. The summed E-state index contributed by atoms with van der Waals surface area (Å²) < 4.78 is 39.7. The Morgan fingerprint density at radius 1 is 1.29 bits per heavy atom. The summed E-state index contributed by atoms with van der Waals surface area (Å²) in [5, 5.41) is 2.14. The van der Waals surface area contributed by atoms with Crippen molar-refractivity contribution in [3.05, 3.63) is 47.8 Å². The van der Waals surface area contributed by atoms with E-state index in [1.54, 1.807) is 6.08 Å². The highest BCUT2D eigenvalue weighted by molar-refractivity contribution is 5.97. The lowest BCUT2D eigenvalue weighted by molar-refractivity contribution is -0.120. The molecule has 3 N–H and O–H groups in total. The molecule has 0 spiro atoms. The summed E-state index contributed by atoms with van der Waals surface area (Å²) in [5.74, 6) is -5.82. The van der Waals surface area contributed by atoms with Gasteiger partial charge >= 0.3 is 0 Å². The van der Waals surface area contributed by atoms with Crippen LogP contribution in [-0.2, 0) is 4.79 Å². The van der Waals surface area contributed by atoms with Gasteiger partial charge in [-0.2, -0.15) is 0 Å². The zero-order chi connectivity index (χ0) is 16.0. The molecule has 0 bridgehead atoms. The maximum absolute atomic E-state index is 13.4. The standard InChI is InChI=1S/C14H15F3N2O2/c1-2-3-4-5-11(13(18)20)19-14(21)12-9(16)6-8(15)7-10(12)17/h2,6-7,11H,1,3-5H2,(H2,18,20)(H,19,21)/t11-/m1/s1. The van der Waals surface area contributed by atoms with Crippen LogP contribution >= 0.6 is 0 Å². The smallest absolute Gasteiger partial charge is 0.257 e. The number of carbonyl (C=O) groups excluding carboxylic acids is 2. The van der Waals surface area contributed by atoms with E-state index in [0.29, 0.717) is 25.0 Å². The number of primary amides is 1. The summed E-state index contributed by atoms with van der Waals surface area (Å²) in [6, 6.07) is -0.300. The molecule has 0 heterocycles. The molecule has 1 aromatic carbocycles. The molecule has 1 rings (SSSR count). The van der Waals surface area contributed by atoms with Crippen LogP contribution in [0.15, 0.2) is 24.8 Å². The van der Waals surface area contributed by atoms with Gasteiger partial charge in [0, 0.05) is 12.1 Å². The van der Waals surface area contributed by atoms with Crippen LogP contribution in [0.1, 0.15) is 29.6 Å². The van der Waals surface area contributed by atoms with E-state index in [-0.39, 0.29) is 6.42 Å². The molecule has 0 saturated heterocycles. The van der Waals surface area contributed by atoms with Crippen LogP contribution < -0.4 is 11.1 Å². The van der Waals surface area contributed by atoms with Gasteiger partial charge < -0.3 is 11.1 Å². The Kier molecular flexibility index (Phi) is 5.95. The molecule has 0 aliphatic carbocycles. The van der Waals surface area contributed by atoms with Gasteiger partial charge in [0.15, 0.2) is 0 Å². The van der Waals surface area contributed by atoms with E-state index in [1.807, 2.05) is 0 Å². The molecule has 0 saturated carbocycles. The number of carbonyl (C=O) groups is 2. The molecule has 21 heavy (non-hydrogen) atoms. The third-order valence-electron chi connectivity index (χ3n) is 2.78. The molecule has 0 aromatic heterocycles. The first-order valence-corrected chi connectivity index (χ1v) is 6.22. The van der Waals surface area contributed by atoms with Gasteiger partial charge in [0.25, 0.3) is 5.91 Å². The zero-order valence-corrected chi connectivity index (χ0v) is 11.2. The fourth-order valence-electron chi connectivity index (χ4n) is 1.74. The molecular formula is C14H15F3N2O2. The van der Waals surface area contributed by atoms with Gasteiger partial charge in [0.2, 0.25) is 5.91 Å². The number of unbranched alkanes of at least 4 members (excludes halogenated alkanes) is 1. The molecule has 0 aliphatic rings. The number of hydrogen-bond donors (Lipinski definition) is 2. The maximum atomic E-state index is 13.4. The van der Waals surface area contributed by atoms with Crippen molar-refractivity contribution < 1.29 is 22.8 Å². The lowest BCUT2D eigenvalue weighted by Crippen LogP contribution is -2.44. The quantitative estimate of drug-likeness (QED) is 0.597. The van der Waals surface area contributed by atoms with Gasteiger partial charge in [-0.15, -0.1) is 6.58 Å². The Labute approximate surface area is 119 Å². The molecule has 1 atom stereocenters. The van der Waals surface area contributed by atoms with Crippen LogP contribution in [0.25, 0.3) is 0 Å². The monoisotopic (exact) mass is 300 g/mol. The molecule has 1 aromatic rings. The number of amides is 2. The molecule has 0 radical (unpaired) electrons. The summed E-state index contributed by atoms with van der Waals surface area (Å²) in [6.45, 7) is 3.50. The summed E-state index contributed by atoms with van der Waals surface area (Å²) in [4.78, 5) is 23.0. The highest BCUT2D eigenvalue weighted by atomic mass is 19.1. The number of allylic oxidation sites excluding steroid dienone is 1. The van der Waals surface area contributed by atoms with Crippen molar-refractivity contribution in [2.24, 2.45) is 5.73 Å². The lowest BCUT2D eigenvalue weighted by Gasteiger charge is -2.15. The first-order valence-electron chi connectivity index (χ1n) is 6.22. The minimum Gasteiger partial charge on any atom is -0.368 e. The highest BCUT2D eigenvalue weighted by Gasteiger charge is 2.23. The average molecular weight is 300 g/mol. The summed E-state index contributed by atoms with van der Waals surface area (Å²) in [5.41, 5.74) is 4.17. The van der Waals surface area contributed by atoms with E-state index in [4.69, 9.17) is 5.73 Å². The Bertz CT molecular complexity index is 538. The van der Waals surface area contributed by atoms with Crippen molar-refractivity contribution in [2.45, 2.75) is 25.3 Å². The molecule has 2 amide bonds. The molecule has 114 valence electrons. The van der Waals surface area contributed by atoms with E-state index in [1.165, 1.54) is 0 Å². The fraction of sp³-hybridized carbons (Fsp3) is 0.286. The van der Waals surface area contributed by atoms with Crippen LogP contribution in [0.3, 0.4) is 0 Å². The third kappa shape index (κ3) is 4.62. The second kappa shape index (κ2) is 7.47. The second-order valence-corrected chi connectivity index (χ2v) is 4.39. The van der Waals surface area contributed by atoms with Gasteiger partial charge in [-0.25, -0.2) is 13.2 Å². The Hall–Kier alpha value is -2.31. The van der Waals surface area contributed by atoms with Crippen molar-refractivity contribution >= 4 is 11.8 Å². The van der Waals surface area contributed by atoms with Crippen molar-refractivity contribution in [1.82, 2.24) is 5.32 Å². The largest absolute Gasteiger partial charge is 0.368 e. The fourth-order valence-corrected chi connectivity index (χ4v) is 1.74. The molecule has 4 nitrogen and oxygen atoms in total. The van der Waals surface area contributed by atoms with Gasteiger partial charge in [0.05, 0.1) is 0 Å². The Balaban J connectivity index is 2.87. The number of hydrogen-bond acceptors (Lipinski definition) is 2. The third-order valence-corrected chi connectivity index (χ3v) is 2.78. The van der Waals surface area contributed by atoms with Crippen molar-refractivity contribution in [3.8, 4) is 0 Å². The zero-order valence-electron chi connectivity index (χ0n) is 11.2. The topological polar surface area (TPSA) is 72.2 Å². The number of benzene rings is 1. The van der Waals surface area contributed by atoms with Gasteiger partial charge in [-0.3, -0.25) is 9.59 Å². The summed E-state index contributed by atoms with van der Waals surface area (Å²) in [6.07, 6.45) is 2.95. The van der Waals surface area contributed by atoms with Crippen molar-refractivity contribution in [2.75, 3.05) is 0 Å². The van der Waals surface area contributed by atoms with Crippen LogP contribution in [0.2, 0.25) is 0 Å². The number of halogens is 3. The van der Waals surface area contributed by atoms with Crippen molar-refractivity contribution in [1.29, 1.82) is 0 Å². The summed E-state index contributed by atoms with van der Waals surface area (Å²) in [7, 11) is 0. The summed E-state index contributed by atoms with van der Waals surface area (Å²) >= 11 is 0. The van der Waals surface area contributed by atoms with Gasteiger partial charge in [-0.1, -0.05) is 6.08 Å². The molecular weight excluding hydrogens is 285 g/mol. The van der Waals surface area contributed by atoms with Crippen LogP contribution in [0.4, 0.5) is 13.2 Å². The minimum absolute atomic E-state index is 0.206. The Morgan fingerprint density at radius 3 is 2.33 bits per heavy atom. The molecule has 0 aliphatic heterocycles. The average Bonchev–Trinajstić information content (AvgIpc) is 2.36. The highest BCUT2D eigenvalue weighted by Crippen LogP contribution is 2.15. The van der Waals surface area contributed by atoms with E-state index in [9.17, 15) is 22.8 Å². The van der Waals surface area contributed by atoms with Gasteiger partial charge in [-0.05, 0) is 19.3 Å². The first-order chi connectivity index (χ1) is 9.86. The van der Waals surface area contributed by atoms with Crippen LogP contribution in [0, 0.1) is 17.5 Å². The van der Waals surface area contributed by atoms with E-state index >= 15 is 0 Å². The second-order valence-electron chi connectivity index (χ2n) is 4.39. The van der Waals surface area contributed by atoms with E-state index in [2.05, 4.69) is 11.9 Å². The molecule has 0 fully saturated rings. The van der Waals surface area contributed by atoms with E-state index in [0.717, 1.165) is 0 Å². The molecule has 0 unspecified atom stereocenters. The number of nitrogens with two attached hydrogens (primary N) is 1. The van der Waals surface area contributed by atoms with Crippen LogP contribution in [-0.4, -0.2) is 17.9 Å². The predicted molar refractivity (Wildman–Crippen MR) is 70.8 cm³/mol. The number of nitrogens with one attached hydrogen (secondary N) is 1. The number of rotatable bonds is 7. The predicted octanol–water partition coefficient (Wildman–Crippen LogP) is 2.04. The SMILES string of the molecule is C=CCCC[C@@H](NC(=O)c1c(F)cc(F)cc1F)C(N)=O. The molecule has 7 heteroatoms. The Morgan fingerprint density at radius 2 is 1.86 bits per heavy atom. The van der Waals surface area contributed by atoms with Crippen molar-refractivity contribution in [3.63, 3.8) is 0 Å². The lowest BCUT2D eigenvalue weighted by atomic mass is 10.1.